The summed E-state index contributed by atoms with van der Waals surface area (Å²) in [4.78, 5) is 0. The fourth-order valence-corrected chi connectivity index (χ4v) is 7.17. The Hall–Kier alpha value is 0. The van der Waals surface area contributed by atoms with E-state index in [0.717, 1.165) is 29.6 Å². The second-order valence-electron chi connectivity index (χ2n) is 10.1. The zero-order valence-corrected chi connectivity index (χ0v) is 17.0. The number of rotatable bonds is 5. The third kappa shape index (κ3) is 3.88. The zero-order valence-electron chi connectivity index (χ0n) is 17.0. The molecule has 0 heterocycles. The predicted octanol–water partition coefficient (Wildman–Crippen LogP) is 8.01. The van der Waals surface area contributed by atoms with Gasteiger partial charge in [-0.15, -0.1) is 0 Å². The van der Waals surface area contributed by atoms with Crippen LogP contribution in [0.4, 0.5) is 0 Å². The van der Waals surface area contributed by atoms with E-state index in [1.54, 1.807) is 0 Å². The van der Waals surface area contributed by atoms with Gasteiger partial charge in [-0.05, 0) is 47.8 Å². The first-order valence-electron chi connectivity index (χ1n) is 11.6. The van der Waals surface area contributed by atoms with Gasteiger partial charge in [-0.1, -0.05) is 104 Å². The minimum atomic E-state index is 0.602. The van der Waals surface area contributed by atoms with Crippen molar-refractivity contribution < 1.29 is 0 Å². The molecule has 0 N–H and O–H groups in total. The summed E-state index contributed by atoms with van der Waals surface area (Å²) < 4.78 is 0. The number of hydrogen-bond acceptors (Lipinski definition) is 0. The van der Waals surface area contributed by atoms with Crippen LogP contribution in [0.1, 0.15) is 117 Å². The molecule has 0 aromatic carbocycles. The molecule has 0 radical (unpaired) electrons. The maximum Gasteiger partial charge on any atom is -0.0241 e. The summed E-state index contributed by atoms with van der Waals surface area (Å²) in [5, 5.41) is 0. The first kappa shape index (κ1) is 18.8. The molecule has 0 bridgehead atoms. The minimum absolute atomic E-state index is 0.602. The van der Waals surface area contributed by atoms with Crippen molar-refractivity contribution in [3.63, 3.8) is 0 Å². The fraction of sp³-hybridized carbons (Fsp3) is 1.00. The Morgan fingerprint density at radius 3 is 1.25 bits per heavy atom. The molecule has 140 valence electrons. The Balaban J connectivity index is 1.80. The van der Waals surface area contributed by atoms with Crippen molar-refractivity contribution in [2.24, 2.45) is 35.0 Å². The van der Waals surface area contributed by atoms with Crippen molar-refractivity contribution in [2.45, 2.75) is 117 Å². The summed E-state index contributed by atoms with van der Waals surface area (Å²) in [7, 11) is 0. The van der Waals surface area contributed by atoms with E-state index in [0.29, 0.717) is 5.41 Å². The zero-order chi connectivity index (χ0) is 17.0. The summed E-state index contributed by atoms with van der Waals surface area (Å²) in [6, 6.07) is 0. The van der Waals surface area contributed by atoms with Gasteiger partial charge >= 0.3 is 0 Å². The standard InChI is InChI=1S/C24H44/c1-19(21-13-7-4-8-14-21)24(3,23-17-11-6-12-18-23)20(2)22-15-9-5-10-16-22/h19-23H,4-18H2,1-3H3. The molecular weight excluding hydrogens is 288 g/mol. The predicted molar refractivity (Wildman–Crippen MR) is 106 cm³/mol. The lowest BCUT2D eigenvalue weighted by Gasteiger charge is -2.54. The van der Waals surface area contributed by atoms with E-state index in [9.17, 15) is 0 Å². The molecule has 3 aliphatic rings. The van der Waals surface area contributed by atoms with Gasteiger partial charge in [0.15, 0.2) is 0 Å². The van der Waals surface area contributed by atoms with E-state index in [2.05, 4.69) is 20.8 Å². The Bertz CT molecular complexity index is 328. The topological polar surface area (TPSA) is 0 Å². The molecule has 3 rings (SSSR count). The average Bonchev–Trinajstić information content (AvgIpc) is 2.68. The Labute approximate surface area is 152 Å². The van der Waals surface area contributed by atoms with Gasteiger partial charge in [0.25, 0.3) is 0 Å². The summed E-state index contributed by atoms with van der Waals surface area (Å²) in [6.45, 7) is 8.13. The largest absolute Gasteiger partial charge is 0.0617 e. The van der Waals surface area contributed by atoms with Crippen LogP contribution in [0.2, 0.25) is 0 Å². The maximum absolute atomic E-state index is 2.77. The van der Waals surface area contributed by atoms with Crippen molar-refractivity contribution in [3.8, 4) is 0 Å². The van der Waals surface area contributed by atoms with Crippen molar-refractivity contribution in [2.75, 3.05) is 0 Å². The van der Waals surface area contributed by atoms with Crippen molar-refractivity contribution in [3.05, 3.63) is 0 Å². The van der Waals surface area contributed by atoms with Gasteiger partial charge in [0, 0.05) is 0 Å². The molecule has 0 saturated heterocycles. The maximum atomic E-state index is 2.77. The van der Waals surface area contributed by atoms with Crippen LogP contribution in [0.3, 0.4) is 0 Å². The smallest absolute Gasteiger partial charge is 0.0241 e. The highest BCUT2D eigenvalue weighted by atomic mass is 14.5. The summed E-state index contributed by atoms with van der Waals surface area (Å²) in [5.41, 5.74) is 0.602. The fourth-order valence-electron chi connectivity index (χ4n) is 7.17. The monoisotopic (exact) mass is 332 g/mol. The molecule has 0 amide bonds. The van der Waals surface area contributed by atoms with Gasteiger partial charge in [-0.25, -0.2) is 0 Å². The lowest BCUT2D eigenvalue weighted by Crippen LogP contribution is -2.46. The lowest BCUT2D eigenvalue weighted by atomic mass is 9.51. The summed E-state index contributed by atoms with van der Waals surface area (Å²) >= 11 is 0. The van der Waals surface area contributed by atoms with Crippen molar-refractivity contribution in [1.29, 1.82) is 0 Å². The van der Waals surface area contributed by atoms with Gasteiger partial charge < -0.3 is 0 Å². The number of hydrogen-bond donors (Lipinski definition) is 0. The van der Waals surface area contributed by atoms with Crippen LogP contribution < -0.4 is 0 Å². The van der Waals surface area contributed by atoms with Crippen LogP contribution in [0.25, 0.3) is 0 Å². The first-order chi connectivity index (χ1) is 11.6. The first-order valence-corrected chi connectivity index (χ1v) is 11.6. The van der Waals surface area contributed by atoms with Gasteiger partial charge in [0.2, 0.25) is 0 Å². The van der Waals surface area contributed by atoms with E-state index >= 15 is 0 Å². The quantitative estimate of drug-likeness (QED) is 0.478. The van der Waals surface area contributed by atoms with E-state index < -0.39 is 0 Å². The minimum Gasteiger partial charge on any atom is -0.0617 e. The Kier molecular flexibility index (Phi) is 6.72. The molecule has 0 aromatic heterocycles. The normalized spacial score (nSPS) is 30.6. The molecule has 3 aliphatic carbocycles. The third-order valence-corrected chi connectivity index (χ3v) is 9.16. The van der Waals surface area contributed by atoms with Crippen molar-refractivity contribution in [1.82, 2.24) is 0 Å². The third-order valence-electron chi connectivity index (χ3n) is 9.16. The van der Waals surface area contributed by atoms with E-state index in [-0.39, 0.29) is 0 Å². The van der Waals surface area contributed by atoms with Gasteiger partial charge in [-0.2, -0.15) is 0 Å². The van der Waals surface area contributed by atoms with Gasteiger partial charge in [-0.3, -0.25) is 0 Å². The second-order valence-corrected chi connectivity index (χ2v) is 10.1. The molecule has 3 fully saturated rings. The highest BCUT2D eigenvalue weighted by Gasteiger charge is 2.48. The van der Waals surface area contributed by atoms with Crippen LogP contribution in [0.5, 0.6) is 0 Å². The second kappa shape index (κ2) is 8.59. The van der Waals surface area contributed by atoms with Crippen LogP contribution in [-0.4, -0.2) is 0 Å². The van der Waals surface area contributed by atoms with E-state index in [1.807, 2.05) is 0 Å². The summed E-state index contributed by atoms with van der Waals surface area (Å²) in [5.74, 6) is 4.95. The highest BCUT2D eigenvalue weighted by Crippen LogP contribution is 2.56. The summed E-state index contributed by atoms with van der Waals surface area (Å²) in [6.07, 6.45) is 22.7. The molecule has 3 saturated carbocycles. The molecule has 2 atom stereocenters. The van der Waals surface area contributed by atoms with Gasteiger partial charge in [0.1, 0.15) is 0 Å². The molecule has 24 heavy (non-hydrogen) atoms. The molecular formula is C24H44. The van der Waals surface area contributed by atoms with Crippen LogP contribution in [-0.2, 0) is 0 Å². The van der Waals surface area contributed by atoms with Crippen LogP contribution in [0, 0.1) is 35.0 Å². The lowest BCUT2D eigenvalue weighted by molar-refractivity contribution is -0.0485. The molecule has 0 aliphatic heterocycles. The Morgan fingerprint density at radius 1 is 0.542 bits per heavy atom. The van der Waals surface area contributed by atoms with Crippen molar-refractivity contribution >= 4 is 0 Å². The SMILES string of the molecule is CC(C1CCCCC1)C(C)(C1CCCCC1)C(C)C1CCCCC1. The van der Waals surface area contributed by atoms with Crippen LogP contribution >= 0.6 is 0 Å². The molecule has 0 heteroatoms. The molecule has 2 unspecified atom stereocenters. The highest BCUT2D eigenvalue weighted by molar-refractivity contribution is 4.97. The van der Waals surface area contributed by atoms with Gasteiger partial charge in [0.05, 0.1) is 0 Å². The molecule has 0 spiro atoms. The molecule has 0 aromatic rings. The van der Waals surface area contributed by atoms with E-state index in [4.69, 9.17) is 0 Å². The molecule has 0 nitrogen and oxygen atoms in total. The van der Waals surface area contributed by atoms with E-state index in [1.165, 1.54) is 96.3 Å². The Morgan fingerprint density at radius 2 is 0.875 bits per heavy atom. The average molecular weight is 333 g/mol. The van der Waals surface area contributed by atoms with Crippen LogP contribution in [0.15, 0.2) is 0 Å².